The van der Waals surface area contributed by atoms with Crippen molar-refractivity contribution >= 4 is 17.7 Å². The molecule has 3 N–H and O–H groups in total. The first-order chi connectivity index (χ1) is 14.6. The molecule has 7 heteroatoms. The van der Waals surface area contributed by atoms with E-state index in [1.54, 1.807) is 4.90 Å². The standard InChI is InChI=1S/C23H30N4O3/c28-20-7-6-18(21(29)26-20)27-14-16-5-4-15(12-17(16)22(27)30)13-24-19-8-11-25-23(19)9-2-1-3-10-23/h4-5,12,18-19,24-25H,1-3,6-11,13-14H2,(H,26,28,29). The average Bonchev–Trinajstić information content (AvgIpc) is 3.28. The maximum Gasteiger partial charge on any atom is 0.255 e. The minimum Gasteiger partial charge on any atom is -0.322 e. The van der Waals surface area contributed by atoms with E-state index < -0.39 is 6.04 Å². The highest BCUT2D eigenvalue weighted by molar-refractivity contribution is 6.05. The molecular formula is C23H30N4O3. The highest BCUT2D eigenvalue weighted by Gasteiger charge is 2.43. The number of rotatable bonds is 4. The fourth-order valence-corrected chi connectivity index (χ4v) is 5.82. The lowest BCUT2D eigenvalue weighted by Crippen LogP contribution is -2.54. The Morgan fingerprint density at radius 1 is 1.10 bits per heavy atom. The largest absolute Gasteiger partial charge is 0.322 e. The van der Waals surface area contributed by atoms with Gasteiger partial charge >= 0.3 is 0 Å². The average molecular weight is 411 g/mol. The number of nitrogens with one attached hydrogen (secondary N) is 3. The number of hydrogen-bond donors (Lipinski definition) is 3. The zero-order valence-corrected chi connectivity index (χ0v) is 17.3. The van der Waals surface area contributed by atoms with Crippen LogP contribution in [-0.4, -0.2) is 46.8 Å². The molecule has 3 fully saturated rings. The Morgan fingerprint density at radius 3 is 2.73 bits per heavy atom. The van der Waals surface area contributed by atoms with E-state index >= 15 is 0 Å². The van der Waals surface area contributed by atoms with Gasteiger partial charge in [0.25, 0.3) is 5.91 Å². The van der Waals surface area contributed by atoms with Gasteiger partial charge in [-0.15, -0.1) is 0 Å². The van der Waals surface area contributed by atoms with Crippen LogP contribution in [0.1, 0.15) is 72.9 Å². The van der Waals surface area contributed by atoms with Gasteiger partial charge in [-0.1, -0.05) is 31.4 Å². The van der Waals surface area contributed by atoms with Crippen molar-refractivity contribution in [3.8, 4) is 0 Å². The maximum atomic E-state index is 13.0. The van der Waals surface area contributed by atoms with Crippen LogP contribution in [0.15, 0.2) is 18.2 Å². The topological polar surface area (TPSA) is 90.5 Å². The van der Waals surface area contributed by atoms with E-state index in [4.69, 9.17) is 0 Å². The molecule has 1 aromatic carbocycles. The quantitative estimate of drug-likeness (QED) is 0.656. The smallest absolute Gasteiger partial charge is 0.255 e. The summed E-state index contributed by atoms with van der Waals surface area (Å²) in [6, 6.07) is 6.00. The number of fused-ring (bicyclic) bond motifs is 1. The lowest BCUT2D eigenvalue weighted by Gasteiger charge is -2.39. The number of hydrogen-bond acceptors (Lipinski definition) is 5. The molecule has 2 atom stereocenters. The molecule has 3 amide bonds. The summed E-state index contributed by atoms with van der Waals surface area (Å²) >= 11 is 0. The molecule has 4 aliphatic rings. The normalized spacial score (nSPS) is 28.1. The van der Waals surface area contributed by atoms with Gasteiger partial charge in [-0.2, -0.15) is 0 Å². The second kappa shape index (κ2) is 7.78. The van der Waals surface area contributed by atoms with Gasteiger partial charge < -0.3 is 15.5 Å². The summed E-state index contributed by atoms with van der Waals surface area (Å²) in [5.41, 5.74) is 2.99. The van der Waals surface area contributed by atoms with Crippen LogP contribution in [0.5, 0.6) is 0 Å². The number of piperidine rings is 1. The Morgan fingerprint density at radius 2 is 1.93 bits per heavy atom. The van der Waals surface area contributed by atoms with Crippen molar-refractivity contribution in [1.82, 2.24) is 20.9 Å². The number of amides is 3. The number of benzene rings is 1. The van der Waals surface area contributed by atoms with Crippen molar-refractivity contribution in [1.29, 1.82) is 0 Å². The molecule has 0 aromatic heterocycles. The summed E-state index contributed by atoms with van der Waals surface area (Å²) in [5.74, 6) is -0.723. The Labute approximate surface area is 177 Å². The van der Waals surface area contributed by atoms with E-state index in [0.29, 0.717) is 24.6 Å². The molecule has 5 rings (SSSR count). The molecule has 1 aliphatic carbocycles. The van der Waals surface area contributed by atoms with E-state index in [2.05, 4.69) is 22.0 Å². The van der Waals surface area contributed by atoms with E-state index in [1.807, 2.05) is 12.1 Å². The van der Waals surface area contributed by atoms with E-state index in [9.17, 15) is 14.4 Å². The molecule has 2 unspecified atom stereocenters. The number of carbonyl (C=O) groups is 3. The molecule has 0 radical (unpaired) electrons. The molecule has 0 bridgehead atoms. The molecule has 2 saturated heterocycles. The maximum absolute atomic E-state index is 13.0. The van der Waals surface area contributed by atoms with Gasteiger partial charge in [0.1, 0.15) is 6.04 Å². The van der Waals surface area contributed by atoms with Crippen LogP contribution in [0.3, 0.4) is 0 Å². The van der Waals surface area contributed by atoms with Crippen LogP contribution in [-0.2, 0) is 22.7 Å². The first-order valence-electron chi connectivity index (χ1n) is 11.3. The van der Waals surface area contributed by atoms with Crippen LogP contribution < -0.4 is 16.0 Å². The van der Waals surface area contributed by atoms with Gasteiger partial charge in [-0.05, 0) is 49.4 Å². The van der Waals surface area contributed by atoms with Crippen LogP contribution in [0.2, 0.25) is 0 Å². The van der Waals surface area contributed by atoms with Crippen molar-refractivity contribution in [3.63, 3.8) is 0 Å². The summed E-state index contributed by atoms with van der Waals surface area (Å²) in [6.07, 6.45) is 8.25. The molecule has 160 valence electrons. The lowest BCUT2D eigenvalue weighted by molar-refractivity contribution is -0.136. The fraction of sp³-hybridized carbons (Fsp3) is 0.609. The van der Waals surface area contributed by atoms with E-state index in [1.165, 1.54) is 32.1 Å². The second-order valence-electron chi connectivity index (χ2n) is 9.26. The van der Waals surface area contributed by atoms with E-state index in [-0.39, 0.29) is 29.7 Å². The Hall–Kier alpha value is -2.25. The van der Waals surface area contributed by atoms with Gasteiger partial charge in [0.05, 0.1) is 0 Å². The second-order valence-corrected chi connectivity index (χ2v) is 9.26. The van der Waals surface area contributed by atoms with Crippen LogP contribution in [0, 0.1) is 0 Å². The van der Waals surface area contributed by atoms with Gasteiger partial charge in [-0.3, -0.25) is 19.7 Å². The number of carbonyl (C=O) groups excluding carboxylic acids is 3. The minimum atomic E-state index is -0.556. The predicted molar refractivity (Wildman–Crippen MR) is 112 cm³/mol. The molecule has 1 aromatic rings. The van der Waals surface area contributed by atoms with Crippen molar-refractivity contribution in [3.05, 3.63) is 34.9 Å². The predicted octanol–water partition coefficient (Wildman–Crippen LogP) is 1.60. The third-order valence-corrected chi connectivity index (χ3v) is 7.47. The highest BCUT2D eigenvalue weighted by atomic mass is 16.2. The van der Waals surface area contributed by atoms with Gasteiger partial charge in [0.2, 0.25) is 11.8 Å². The number of imide groups is 1. The van der Waals surface area contributed by atoms with Crippen molar-refractivity contribution in [2.45, 2.75) is 82.1 Å². The molecule has 3 heterocycles. The van der Waals surface area contributed by atoms with E-state index in [0.717, 1.165) is 30.6 Å². The molecular weight excluding hydrogens is 380 g/mol. The first kappa shape index (κ1) is 19.7. The van der Waals surface area contributed by atoms with Crippen molar-refractivity contribution < 1.29 is 14.4 Å². The molecule has 30 heavy (non-hydrogen) atoms. The summed E-state index contributed by atoms with van der Waals surface area (Å²) in [6.45, 7) is 2.25. The minimum absolute atomic E-state index is 0.104. The van der Waals surface area contributed by atoms with Gasteiger partial charge in [0, 0.05) is 36.7 Å². The fourth-order valence-electron chi connectivity index (χ4n) is 5.82. The molecule has 1 saturated carbocycles. The van der Waals surface area contributed by atoms with Crippen LogP contribution in [0.4, 0.5) is 0 Å². The Balaban J connectivity index is 1.26. The zero-order chi connectivity index (χ0) is 20.7. The SMILES string of the molecule is O=C1CCC(N2Cc3ccc(CNC4CCNC45CCCCC5)cc3C2=O)C(=O)N1. The highest BCUT2D eigenvalue weighted by Crippen LogP contribution is 2.35. The Kier molecular flexibility index (Phi) is 5.11. The number of nitrogens with zero attached hydrogens (tertiary/aromatic N) is 1. The van der Waals surface area contributed by atoms with Crippen molar-refractivity contribution in [2.24, 2.45) is 0 Å². The lowest BCUT2D eigenvalue weighted by atomic mass is 9.77. The van der Waals surface area contributed by atoms with Gasteiger partial charge in [0.15, 0.2) is 0 Å². The Bertz CT molecular complexity index is 877. The van der Waals surface area contributed by atoms with Crippen LogP contribution in [0.25, 0.3) is 0 Å². The summed E-state index contributed by atoms with van der Waals surface area (Å²) in [5, 5.41) is 9.89. The third-order valence-electron chi connectivity index (χ3n) is 7.47. The summed E-state index contributed by atoms with van der Waals surface area (Å²) in [4.78, 5) is 38.3. The molecule has 3 aliphatic heterocycles. The molecule has 1 spiro atoms. The first-order valence-corrected chi connectivity index (χ1v) is 11.3. The summed E-state index contributed by atoms with van der Waals surface area (Å²) in [7, 11) is 0. The van der Waals surface area contributed by atoms with Crippen molar-refractivity contribution in [2.75, 3.05) is 6.54 Å². The molecule has 7 nitrogen and oxygen atoms in total. The zero-order valence-electron chi connectivity index (χ0n) is 17.3. The monoisotopic (exact) mass is 410 g/mol. The summed E-state index contributed by atoms with van der Waals surface area (Å²) < 4.78 is 0. The van der Waals surface area contributed by atoms with Crippen LogP contribution >= 0.6 is 0 Å². The third kappa shape index (κ3) is 3.44. The van der Waals surface area contributed by atoms with Gasteiger partial charge in [-0.25, -0.2) is 0 Å².